The molecule has 1 unspecified atom stereocenters. The van der Waals surface area contributed by atoms with Crippen molar-refractivity contribution in [1.29, 1.82) is 5.26 Å². The number of anilines is 1. The minimum Gasteiger partial charge on any atom is -0.489 e. The third-order valence-corrected chi connectivity index (χ3v) is 8.15. The molecule has 0 amide bonds. The van der Waals surface area contributed by atoms with E-state index in [9.17, 15) is 10.1 Å². The van der Waals surface area contributed by atoms with E-state index >= 15 is 0 Å². The van der Waals surface area contributed by atoms with Gasteiger partial charge in [-0.15, -0.1) is 0 Å². The van der Waals surface area contributed by atoms with Gasteiger partial charge in [0.05, 0.1) is 23.2 Å². The van der Waals surface area contributed by atoms with Crippen LogP contribution in [-0.4, -0.2) is 5.78 Å². The molecule has 0 bridgehead atoms. The molecule has 7 heteroatoms. The fraction of sp³-hybridized carbons (Fsp3) is 0.226. The number of ketones is 1. The molecular formula is C31H27BrClN3O2. The Balaban J connectivity index is 1.64. The van der Waals surface area contributed by atoms with Crippen molar-refractivity contribution < 1.29 is 9.53 Å². The molecule has 5 nitrogen and oxygen atoms in total. The van der Waals surface area contributed by atoms with Crippen molar-refractivity contribution in [2.75, 3.05) is 4.90 Å². The van der Waals surface area contributed by atoms with Crippen LogP contribution in [0, 0.1) is 25.2 Å². The number of nitrogens with two attached hydrogens (primary N) is 1. The highest BCUT2D eigenvalue weighted by Crippen LogP contribution is 2.48. The molecule has 1 heterocycles. The number of benzene rings is 3. The van der Waals surface area contributed by atoms with Gasteiger partial charge in [0.15, 0.2) is 5.78 Å². The number of carbonyl (C=O) groups excluding carboxylic acids is 1. The molecule has 2 N–H and O–H groups in total. The summed E-state index contributed by atoms with van der Waals surface area (Å²) in [6, 6.07) is 21.5. The third-order valence-electron chi connectivity index (χ3n) is 7.23. The number of para-hydroxylation sites is 1. The van der Waals surface area contributed by atoms with Crippen molar-refractivity contribution in [1.82, 2.24) is 0 Å². The molecule has 0 fully saturated rings. The summed E-state index contributed by atoms with van der Waals surface area (Å²) in [5.41, 5.74) is 13.4. The highest BCUT2D eigenvalue weighted by Gasteiger charge is 2.41. The van der Waals surface area contributed by atoms with Crippen molar-refractivity contribution >= 4 is 39.0 Å². The maximum atomic E-state index is 13.6. The van der Waals surface area contributed by atoms with E-state index in [0.717, 1.165) is 44.5 Å². The van der Waals surface area contributed by atoms with Crippen LogP contribution in [0.1, 0.15) is 47.4 Å². The first-order chi connectivity index (χ1) is 18.3. The standard InChI is InChI=1S/C31H27BrClN3O2/c1-18-14-20(17-38-22-12-10-21(33)11-13-22)19(2)23(15-18)29-24(16-34)31(35)36(26-7-4-3-6-25(26)32)27-8-5-9-28(37)30(27)29/h3-4,6-7,10-15,29H,5,8-9,17,35H2,1-2H3. The van der Waals surface area contributed by atoms with Gasteiger partial charge >= 0.3 is 0 Å². The predicted molar refractivity (Wildman–Crippen MR) is 154 cm³/mol. The van der Waals surface area contributed by atoms with Gasteiger partial charge in [0.2, 0.25) is 0 Å². The average Bonchev–Trinajstić information content (AvgIpc) is 2.90. The van der Waals surface area contributed by atoms with Crippen LogP contribution in [0.2, 0.25) is 5.02 Å². The lowest BCUT2D eigenvalue weighted by atomic mass is 9.73. The quantitative estimate of drug-likeness (QED) is 0.332. The van der Waals surface area contributed by atoms with Crippen LogP contribution in [0.4, 0.5) is 5.69 Å². The molecule has 1 atom stereocenters. The summed E-state index contributed by atoms with van der Waals surface area (Å²) in [5, 5.41) is 11.1. The largest absolute Gasteiger partial charge is 0.489 e. The maximum absolute atomic E-state index is 13.6. The number of Topliss-reactive ketones (excluding diaryl/α,β-unsaturated/α-hetero) is 1. The zero-order valence-electron chi connectivity index (χ0n) is 21.2. The van der Waals surface area contributed by atoms with Crippen molar-refractivity contribution in [2.24, 2.45) is 5.73 Å². The van der Waals surface area contributed by atoms with Gasteiger partial charge in [-0.2, -0.15) is 5.26 Å². The Bertz CT molecular complexity index is 1540. The Morgan fingerprint density at radius 1 is 1.13 bits per heavy atom. The molecule has 3 aromatic rings. The van der Waals surface area contributed by atoms with Crippen molar-refractivity contribution in [3.05, 3.63) is 115 Å². The summed E-state index contributed by atoms with van der Waals surface area (Å²) in [4.78, 5) is 15.4. The van der Waals surface area contributed by atoms with Crippen molar-refractivity contribution in [2.45, 2.75) is 45.6 Å². The number of ether oxygens (including phenoxy) is 1. The van der Waals surface area contributed by atoms with Crippen molar-refractivity contribution in [3.63, 3.8) is 0 Å². The molecule has 0 aromatic heterocycles. The van der Waals surface area contributed by atoms with Crippen LogP contribution in [0.3, 0.4) is 0 Å². The van der Waals surface area contributed by atoms with Gasteiger partial charge in [0.25, 0.3) is 0 Å². The monoisotopic (exact) mass is 587 g/mol. The highest BCUT2D eigenvalue weighted by atomic mass is 79.9. The first kappa shape index (κ1) is 26.1. The molecular weight excluding hydrogens is 562 g/mol. The SMILES string of the molecule is Cc1cc(COc2ccc(Cl)cc2)c(C)c(C2C(C#N)=C(N)N(c3ccccc3Br)C3=C2C(=O)CCC3)c1. The predicted octanol–water partition coefficient (Wildman–Crippen LogP) is 7.60. The Labute approximate surface area is 236 Å². The first-order valence-electron chi connectivity index (χ1n) is 12.5. The molecule has 0 radical (unpaired) electrons. The van der Waals surface area contributed by atoms with E-state index in [1.54, 1.807) is 12.1 Å². The summed E-state index contributed by atoms with van der Waals surface area (Å²) in [6.07, 6.45) is 1.90. The Morgan fingerprint density at radius 3 is 2.58 bits per heavy atom. The molecule has 2 aliphatic rings. The second-order valence-corrected chi connectivity index (χ2v) is 10.9. The molecule has 3 aromatic carbocycles. The van der Waals surface area contributed by atoms with E-state index < -0.39 is 5.92 Å². The molecule has 0 saturated carbocycles. The van der Waals surface area contributed by atoms with Gasteiger partial charge in [-0.25, -0.2) is 0 Å². The zero-order chi connectivity index (χ0) is 27.0. The van der Waals surface area contributed by atoms with Gasteiger partial charge in [-0.3, -0.25) is 9.69 Å². The first-order valence-corrected chi connectivity index (χ1v) is 13.7. The second kappa shape index (κ2) is 10.7. The summed E-state index contributed by atoms with van der Waals surface area (Å²) < 4.78 is 6.91. The fourth-order valence-electron chi connectivity index (χ4n) is 5.41. The van der Waals surface area contributed by atoms with Gasteiger partial charge < -0.3 is 10.5 Å². The number of hydrogen-bond donors (Lipinski definition) is 1. The maximum Gasteiger partial charge on any atom is 0.161 e. The Kier molecular flexibility index (Phi) is 7.34. The summed E-state index contributed by atoms with van der Waals surface area (Å²) >= 11 is 9.64. The summed E-state index contributed by atoms with van der Waals surface area (Å²) in [7, 11) is 0. The average molecular weight is 589 g/mol. The number of aryl methyl sites for hydroxylation is 1. The van der Waals surface area contributed by atoms with E-state index in [-0.39, 0.29) is 5.78 Å². The molecule has 5 rings (SSSR count). The normalized spacial score (nSPS) is 17.4. The molecule has 1 aliphatic carbocycles. The second-order valence-electron chi connectivity index (χ2n) is 9.65. The smallest absolute Gasteiger partial charge is 0.161 e. The number of halogens is 2. The van der Waals surface area contributed by atoms with Crippen molar-refractivity contribution in [3.8, 4) is 11.8 Å². The van der Waals surface area contributed by atoms with Crippen LogP contribution in [0.15, 0.2) is 87.8 Å². The molecule has 0 saturated heterocycles. The summed E-state index contributed by atoms with van der Waals surface area (Å²) in [5.74, 6) is 0.606. The number of nitriles is 1. The van der Waals surface area contributed by atoms with Crippen LogP contribution in [-0.2, 0) is 11.4 Å². The molecule has 192 valence electrons. The number of carbonyl (C=O) groups is 1. The summed E-state index contributed by atoms with van der Waals surface area (Å²) in [6.45, 7) is 4.38. The number of rotatable bonds is 5. The minimum atomic E-state index is -0.532. The molecule has 38 heavy (non-hydrogen) atoms. The minimum absolute atomic E-state index is 0.0634. The van der Waals surface area contributed by atoms with E-state index in [2.05, 4.69) is 34.1 Å². The topological polar surface area (TPSA) is 79.3 Å². The van der Waals surface area contributed by atoms with Gasteiger partial charge in [-0.05, 0) is 95.7 Å². The Morgan fingerprint density at radius 2 is 1.87 bits per heavy atom. The number of nitrogens with zero attached hydrogens (tertiary/aromatic N) is 2. The zero-order valence-corrected chi connectivity index (χ0v) is 23.6. The third kappa shape index (κ3) is 4.73. The van der Waals surface area contributed by atoms with Crippen LogP contribution in [0.25, 0.3) is 0 Å². The lowest BCUT2D eigenvalue weighted by molar-refractivity contribution is -0.116. The van der Waals surface area contributed by atoms with E-state index in [1.165, 1.54) is 0 Å². The van der Waals surface area contributed by atoms with E-state index in [0.29, 0.717) is 47.2 Å². The highest BCUT2D eigenvalue weighted by molar-refractivity contribution is 9.10. The lowest BCUT2D eigenvalue weighted by Crippen LogP contribution is -2.39. The van der Waals surface area contributed by atoms with E-state index in [4.69, 9.17) is 22.1 Å². The van der Waals surface area contributed by atoms with Crippen LogP contribution >= 0.6 is 27.5 Å². The van der Waals surface area contributed by atoms with Crippen LogP contribution in [0.5, 0.6) is 5.75 Å². The Hall–Kier alpha value is -3.53. The molecule has 1 aliphatic heterocycles. The lowest BCUT2D eigenvalue weighted by Gasteiger charge is -2.40. The van der Waals surface area contributed by atoms with Gasteiger partial charge in [-0.1, -0.05) is 41.4 Å². The fourth-order valence-corrected chi connectivity index (χ4v) is 6.00. The van der Waals surface area contributed by atoms with Gasteiger partial charge in [0, 0.05) is 27.2 Å². The van der Waals surface area contributed by atoms with Gasteiger partial charge in [0.1, 0.15) is 18.2 Å². The van der Waals surface area contributed by atoms with E-state index in [1.807, 2.05) is 55.1 Å². The number of allylic oxidation sites excluding steroid dienone is 3. The van der Waals surface area contributed by atoms with Crippen LogP contribution < -0.4 is 15.4 Å². The number of hydrogen-bond acceptors (Lipinski definition) is 5. The molecule has 0 spiro atoms.